The molecule has 1 N–H and O–H groups in total. The third-order valence-electron chi connectivity index (χ3n) is 2.58. The van der Waals surface area contributed by atoms with Crippen molar-refractivity contribution >= 4 is 11.3 Å². The van der Waals surface area contributed by atoms with Gasteiger partial charge in [0.25, 0.3) is 0 Å². The van der Waals surface area contributed by atoms with E-state index in [0.717, 1.165) is 18.2 Å². The molecule has 1 heterocycles. The second-order valence-corrected chi connectivity index (χ2v) is 3.58. The third-order valence-corrected chi connectivity index (χ3v) is 2.58. The number of nitrogens with zero attached hydrogens (tertiary/aromatic N) is 1. The van der Waals surface area contributed by atoms with Crippen molar-refractivity contribution in [3.05, 3.63) is 45.8 Å². The molecule has 0 unspecified atom stereocenters. The molecule has 0 saturated carbocycles. The Bertz CT molecular complexity index is 457. The van der Waals surface area contributed by atoms with Gasteiger partial charge in [-0.2, -0.15) is 4.39 Å². The van der Waals surface area contributed by atoms with Crippen molar-refractivity contribution in [3.8, 4) is 0 Å². The lowest BCUT2D eigenvalue weighted by atomic mass is 9.98. The van der Waals surface area contributed by atoms with Crippen molar-refractivity contribution in [1.29, 1.82) is 0 Å². The Morgan fingerprint density at radius 3 is 2.88 bits per heavy atom. The maximum Gasteiger partial charge on any atom is 0.312 e. The smallest absolute Gasteiger partial charge is 0.312 e. The summed E-state index contributed by atoms with van der Waals surface area (Å²) in [5.74, 6) is -0.776. The number of hydrogen-bond acceptors (Lipinski definition) is 3. The Labute approximate surface area is 91.9 Å². The van der Waals surface area contributed by atoms with E-state index in [1.165, 1.54) is 6.07 Å². The van der Waals surface area contributed by atoms with Crippen LogP contribution in [0.1, 0.15) is 12.0 Å². The minimum absolute atomic E-state index is 0.395. The number of halogens is 1. The van der Waals surface area contributed by atoms with Crippen LogP contribution in [0.3, 0.4) is 0 Å². The molecule has 0 fully saturated rings. The van der Waals surface area contributed by atoms with E-state index in [4.69, 9.17) is 0 Å². The largest absolute Gasteiger partial charge is 0.313 e. The van der Waals surface area contributed by atoms with Gasteiger partial charge in [0.15, 0.2) is 0 Å². The SMILES string of the molecule is O=[N+]([O-])c1c(F)cccc1C1=CCNCC1. The Balaban J connectivity index is 2.51. The fourth-order valence-corrected chi connectivity index (χ4v) is 1.83. The summed E-state index contributed by atoms with van der Waals surface area (Å²) in [5.41, 5.74) is 0.812. The van der Waals surface area contributed by atoms with Crippen molar-refractivity contribution in [2.45, 2.75) is 6.42 Å². The first-order valence-corrected chi connectivity index (χ1v) is 5.03. The van der Waals surface area contributed by atoms with Gasteiger partial charge in [-0.25, -0.2) is 0 Å². The minimum Gasteiger partial charge on any atom is -0.313 e. The van der Waals surface area contributed by atoms with Crippen LogP contribution in [-0.4, -0.2) is 18.0 Å². The Morgan fingerprint density at radius 2 is 2.25 bits per heavy atom. The standard InChI is InChI=1S/C11H11FN2O2/c12-10-3-1-2-9(11(10)14(15)16)8-4-6-13-7-5-8/h1-4,13H,5-7H2. The number of nitrogens with one attached hydrogen (secondary N) is 1. The average Bonchev–Trinajstić information content (AvgIpc) is 2.29. The van der Waals surface area contributed by atoms with Gasteiger partial charge in [0.05, 0.1) is 10.5 Å². The summed E-state index contributed by atoms with van der Waals surface area (Å²) in [6.07, 6.45) is 2.55. The van der Waals surface area contributed by atoms with Gasteiger partial charge < -0.3 is 5.32 Å². The van der Waals surface area contributed by atoms with Crippen LogP contribution < -0.4 is 5.32 Å². The lowest BCUT2D eigenvalue weighted by Gasteiger charge is -2.14. The predicted molar refractivity (Wildman–Crippen MR) is 58.5 cm³/mol. The zero-order valence-corrected chi connectivity index (χ0v) is 8.57. The van der Waals surface area contributed by atoms with Gasteiger partial charge in [-0.05, 0) is 30.7 Å². The number of nitro benzene ring substituents is 1. The first-order chi connectivity index (χ1) is 7.70. The first-order valence-electron chi connectivity index (χ1n) is 5.03. The fourth-order valence-electron chi connectivity index (χ4n) is 1.83. The van der Waals surface area contributed by atoms with Crippen molar-refractivity contribution in [2.24, 2.45) is 0 Å². The molecular formula is C11H11FN2O2. The zero-order valence-electron chi connectivity index (χ0n) is 8.57. The summed E-state index contributed by atoms with van der Waals surface area (Å²) in [7, 11) is 0. The summed E-state index contributed by atoms with van der Waals surface area (Å²) in [6.45, 7) is 1.43. The summed E-state index contributed by atoms with van der Waals surface area (Å²) in [6, 6.07) is 4.21. The van der Waals surface area contributed by atoms with E-state index in [1.54, 1.807) is 6.07 Å². The molecule has 84 valence electrons. The molecule has 1 aromatic carbocycles. The van der Waals surface area contributed by atoms with Crippen LogP contribution in [-0.2, 0) is 0 Å². The molecule has 0 atom stereocenters. The highest BCUT2D eigenvalue weighted by molar-refractivity contribution is 5.73. The molecule has 1 aromatic rings. The monoisotopic (exact) mass is 222 g/mol. The van der Waals surface area contributed by atoms with E-state index in [1.807, 2.05) is 6.08 Å². The van der Waals surface area contributed by atoms with Crippen molar-refractivity contribution in [2.75, 3.05) is 13.1 Å². The van der Waals surface area contributed by atoms with Crippen molar-refractivity contribution in [1.82, 2.24) is 5.32 Å². The zero-order chi connectivity index (χ0) is 11.5. The molecule has 1 aliphatic heterocycles. The normalized spacial score (nSPS) is 15.7. The Morgan fingerprint density at radius 1 is 1.44 bits per heavy atom. The molecule has 0 saturated heterocycles. The van der Waals surface area contributed by atoms with E-state index in [0.29, 0.717) is 18.5 Å². The first kappa shape index (κ1) is 10.8. The van der Waals surface area contributed by atoms with Gasteiger partial charge in [-0.3, -0.25) is 10.1 Å². The molecular weight excluding hydrogens is 211 g/mol. The lowest BCUT2D eigenvalue weighted by molar-refractivity contribution is -0.387. The number of para-hydroxylation sites is 1. The number of hydrogen-bond donors (Lipinski definition) is 1. The van der Waals surface area contributed by atoms with Gasteiger partial charge in [-0.1, -0.05) is 12.1 Å². The molecule has 0 aromatic heterocycles. The molecule has 0 spiro atoms. The molecule has 16 heavy (non-hydrogen) atoms. The lowest BCUT2D eigenvalue weighted by Crippen LogP contribution is -2.20. The van der Waals surface area contributed by atoms with Gasteiger partial charge in [0.2, 0.25) is 5.82 Å². The van der Waals surface area contributed by atoms with E-state index in [-0.39, 0.29) is 0 Å². The highest BCUT2D eigenvalue weighted by Gasteiger charge is 2.22. The summed E-state index contributed by atoms with van der Waals surface area (Å²) >= 11 is 0. The van der Waals surface area contributed by atoms with Crippen LogP contribution in [0.15, 0.2) is 24.3 Å². The van der Waals surface area contributed by atoms with Gasteiger partial charge in [-0.15, -0.1) is 0 Å². The highest BCUT2D eigenvalue weighted by atomic mass is 19.1. The van der Waals surface area contributed by atoms with Crippen molar-refractivity contribution < 1.29 is 9.31 Å². The van der Waals surface area contributed by atoms with Crippen LogP contribution in [0.2, 0.25) is 0 Å². The van der Waals surface area contributed by atoms with Gasteiger partial charge in [0.1, 0.15) is 0 Å². The molecule has 0 amide bonds. The Kier molecular flexibility index (Phi) is 2.96. The van der Waals surface area contributed by atoms with Crippen molar-refractivity contribution in [3.63, 3.8) is 0 Å². The average molecular weight is 222 g/mol. The van der Waals surface area contributed by atoms with E-state index in [9.17, 15) is 14.5 Å². The van der Waals surface area contributed by atoms with E-state index < -0.39 is 16.4 Å². The fraction of sp³-hybridized carbons (Fsp3) is 0.273. The molecule has 4 nitrogen and oxygen atoms in total. The van der Waals surface area contributed by atoms with Gasteiger partial charge >= 0.3 is 5.69 Å². The maximum atomic E-state index is 13.4. The van der Waals surface area contributed by atoms with Crippen LogP contribution in [0, 0.1) is 15.9 Å². The van der Waals surface area contributed by atoms with Gasteiger partial charge in [0, 0.05) is 6.54 Å². The number of nitro groups is 1. The maximum absolute atomic E-state index is 13.4. The Hall–Kier alpha value is -1.75. The summed E-state index contributed by atoms with van der Waals surface area (Å²) in [4.78, 5) is 10.1. The van der Waals surface area contributed by atoms with Crippen LogP contribution in [0.25, 0.3) is 5.57 Å². The van der Waals surface area contributed by atoms with E-state index >= 15 is 0 Å². The molecule has 0 aliphatic carbocycles. The molecule has 1 aliphatic rings. The second-order valence-electron chi connectivity index (χ2n) is 3.58. The predicted octanol–water partition coefficient (Wildman–Crippen LogP) is 2.11. The topological polar surface area (TPSA) is 55.2 Å². The number of benzene rings is 1. The van der Waals surface area contributed by atoms with Crippen LogP contribution in [0.4, 0.5) is 10.1 Å². The molecule has 5 heteroatoms. The molecule has 2 rings (SSSR count). The summed E-state index contributed by atoms with van der Waals surface area (Å²) in [5, 5.41) is 13.9. The second kappa shape index (κ2) is 4.40. The highest BCUT2D eigenvalue weighted by Crippen LogP contribution is 2.30. The quantitative estimate of drug-likeness (QED) is 0.616. The minimum atomic E-state index is -0.776. The van der Waals surface area contributed by atoms with Crippen LogP contribution >= 0.6 is 0 Å². The molecule has 0 bridgehead atoms. The summed E-state index contributed by atoms with van der Waals surface area (Å²) < 4.78 is 13.4. The number of rotatable bonds is 2. The van der Waals surface area contributed by atoms with E-state index in [2.05, 4.69) is 5.32 Å². The van der Waals surface area contributed by atoms with Crippen LogP contribution in [0.5, 0.6) is 0 Å². The third kappa shape index (κ3) is 1.94. The molecule has 0 radical (unpaired) electrons.